The average molecular weight is 286 g/mol. The van der Waals surface area contributed by atoms with Crippen LogP contribution in [0, 0.1) is 0 Å². The number of carbonyl (C=O) groups is 1. The molecule has 0 radical (unpaired) electrons. The van der Waals surface area contributed by atoms with E-state index in [1.165, 1.54) is 12.8 Å². The average Bonchev–Trinajstić information content (AvgIpc) is 2.93. The second kappa shape index (κ2) is 7.41. The van der Waals surface area contributed by atoms with Gasteiger partial charge in [0.05, 0.1) is 5.54 Å². The van der Waals surface area contributed by atoms with Gasteiger partial charge in [0.2, 0.25) is 5.91 Å². The van der Waals surface area contributed by atoms with Crippen LogP contribution in [0.2, 0.25) is 0 Å². The zero-order valence-corrected chi connectivity index (χ0v) is 12.7. The lowest BCUT2D eigenvalue weighted by atomic mass is 10.1. The summed E-state index contributed by atoms with van der Waals surface area (Å²) in [6.45, 7) is 6.24. The van der Waals surface area contributed by atoms with Crippen LogP contribution in [0.4, 0.5) is 0 Å². The van der Waals surface area contributed by atoms with Gasteiger partial charge in [-0.3, -0.25) is 9.69 Å². The molecule has 0 heterocycles. The van der Waals surface area contributed by atoms with Crippen molar-refractivity contribution in [1.29, 1.82) is 0 Å². The number of nitrogens with zero attached hydrogens (tertiary/aromatic N) is 1. The summed E-state index contributed by atoms with van der Waals surface area (Å²) < 4.78 is 0. The van der Waals surface area contributed by atoms with Crippen molar-refractivity contribution in [2.24, 2.45) is 5.73 Å². The van der Waals surface area contributed by atoms with Crippen molar-refractivity contribution in [2.45, 2.75) is 51.2 Å². The van der Waals surface area contributed by atoms with Crippen LogP contribution in [0.1, 0.15) is 33.6 Å². The largest absolute Gasteiger partial charge is 0.353 e. The number of hydrogen-bond donors (Lipinski definition) is 2. The molecule has 4 nitrogen and oxygen atoms in total. The van der Waals surface area contributed by atoms with Crippen molar-refractivity contribution in [3.63, 3.8) is 0 Å². The molecule has 0 bridgehead atoms. The fourth-order valence-electron chi connectivity index (χ4n) is 1.45. The molecule has 0 aromatic carbocycles. The highest BCUT2D eigenvalue weighted by Gasteiger charge is 2.29. The molecule has 0 saturated heterocycles. The highest BCUT2D eigenvalue weighted by Crippen LogP contribution is 2.26. The van der Waals surface area contributed by atoms with Crippen LogP contribution in [-0.2, 0) is 4.79 Å². The van der Waals surface area contributed by atoms with Crippen LogP contribution in [0.15, 0.2) is 0 Å². The molecule has 0 spiro atoms. The van der Waals surface area contributed by atoms with E-state index in [-0.39, 0.29) is 30.7 Å². The lowest BCUT2D eigenvalue weighted by Crippen LogP contribution is -2.52. The van der Waals surface area contributed by atoms with Gasteiger partial charge < -0.3 is 11.1 Å². The Bertz CT molecular complexity index is 239. The Morgan fingerprint density at radius 3 is 2.29 bits per heavy atom. The predicted molar refractivity (Wildman–Crippen MR) is 76.0 cm³/mol. The number of hydrogen-bond acceptors (Lipinski definition) is 3. The lowest BCUT2D eigenvalue weighted by Gasteiger charge is -2.26. The molecule has 1 rings (SSSR count). The summed E-state index contributed by atoms with van der Waals surface area (Å²) in [4.78, 5) is 13.8. The zero-order valence-electron chi connectivity index (χ0n) is 11.0. The van der Waals surface area contributed by atoms with Crippen molar-refractivity contribution < 1.29 is 4.79 Å². The van der Waals surface area contributed by atoms with E-state index in [1.54, 1.807) is 13.8 Å². The summed E-state index contributed by atoms with van der Waals surface area (Å²) in [5.74, 6) is -0.0847. The van der Waals surface area contributed by atoms with Gasteiger partial charge in [-0.2, -0.15) is 0 Å². The topological polar surface area (TPSA) is 58.4 Å². The quantitative estimate of drug-likeness (QED) is 0.797. The molecule has 0 aromatic rings. The molecule has 6 heteroatoms. The Morgan fingerprint density at radius 1 is 1.47 bits per heavy atom. The van der Waals surface area contributed by atoms with Crippen LogP contribution < -0.4 is 11.1 Å². The molecular formula is C11H25Cl2N3O. The highest BCUT2D eigenvalue weighted by atomic mass is 35.5. The third kappa shape index (κ3) is 6.46. The number of amides is 1. The van der Waals surface area contributed by atoms with Gasteiger partial charge in [0.15, 0.2) is 0 Å². The van der Waals surface area contributed by atoms with Crippen LogP contribution in [0.3, 0.4) is 0 Å². The summed E-state index contributed by atoms with van der Waals surface area (Å²) in [6.07, 6.45) is 2.58. The second-order valence-electron chi connectivity index (χ2n) is 5.18. The summed E-state index contributed by atoms with van der Waals surface area (Å²) in [5.41, 5.74) is 4.91. The summed E-state index contributed by atoms with van der Waals surface area (Å²) >= 11 is 0. The Balaban J connectivity index is 0. The van der Waals surface area contributed by atoms with Crippen LogP contribution >= 0.6 is 24.8 Å². The Labute approximate surface area is 117 Å². The molecule has 0 aliphatic heterocycles. The van der Waals surface area contributed by atoms with Crippen molar-refractivity contribution in [3.8, 4) is 0 Å². The molecule has 104 valence electrons. The molecule has 1 unspecified atom stereocenters. The molecule has 1 fully saturated rings. The van der Waals surface area contributed by atoms with Crippen molar-refractivity contribution >= 4 is 30.7 Å². The minimum atomic E-state index is -0.780. The first-order valence-corrected chi connectivity index (χ1v) is 5.61. The van der Waals surface area contributed by atoms with E-state index >= 15 is 0 Å². The number of rotatable bonds is 5. The standard InChI is InChI=1S/C11H23N3O.2ClH/c1-8(14(4)9-5-6-9)7-13-10(15)11(2,3)12;;/h8-9H,5-7,12H2,1-4H3,(H,13,15);2*1H. The SMILES string of the molecule is CC(CNC(=O)C(C)(C)N)N(C)C1CC1.Cl.Cl. The first kappa shape index (κ1) is 19.3. The normalized spacial score (nSPS) is 16.8. The van der Waals surface area contributed by atoms with Gasteiger partial charge in [-0.15, -0.1) is 24.8 Å². The number of nitrogens with one attached hydrogen (secondary N) is 1. The van der Waals surface area contributed by atoms with Crippen molar-refractivity contribution in [3.05, 3.63) is 0 Å². The van der Waals surface area contributed by atoms with Gasteiger partial charge in [-0.1, -0.05) is 0 Å². The molecule has 1 saturated carbocycles. The van der Waals surface area contributed by atoms with E-state index in [4.69, 9.17) is 5.73 Å². The molecule has 3 N–H and O–H groups in total. The molecule has 0 aromatic heterocycles. The molecule has 1 aliphatic carbocycles. The lowest BCUT2D eigenvalue weighted by molar-refractivity contribution is -0.125. The predicted octanol–water partition coefficient (Wildman–Crippen LogP) is 1.17. The summed E-state index contributed by atoms with van der Waals surface area (Å²) in [7, 11) is 2.11. The van der Waals surface area contributed by atoms with E-state index in [1.807, 2.05) is 0 Å². The highest BCUT2D eigenvalue weighted by molar-refractivity contribution is 5.85. The van der Waals surface area contributed by atoms with E-state index in [9.17, 15) is 4.79 Å². The van der Waals surface area contributed by atoms with Gasteiger partial charge >= 0.3 is 0 Å². The van der Waals surface area contributed by atoms with Gasteiger partial charge in [-0.05, 0) is 40.7 Å². The fourth-order valence-corrected chi connectivity index (χ4v) is 1.45. The van der Waals surface area contributed by atoms with E-state index < -0.39 is 5.54 Å². The second-order valence-corrected chi connectivity index (χ2v) is 5.18. The van der Waals surface area contributed by atoms with E-state index in [2.05, 4.69) is 24.2 Å². The summed E-state index contributed by atoms with van der Waals surface area (Å²) in [6, 6.07) is 1.10. The molecule has 1 amide bonds. The Morgan fingerprint density at radius 2 is 1.94 bits per heavy atom. The Hall–Kier alpha value is -0.0300. The van der Waals surface area contributed by atoms with E-state index in [0.717, 1.165) is 6.04 Å². The van der Waals surface area contributed by atoms with Crippen LogP contribution in [0.5, 0.6) is 0 Å². The molecule has 17 heavy (non-hydrogen) atoms. The summed E-state index contributed by atoms with van der Waals surface area (Å²) in [5, 5.41) is 2.88. The van der Waals surface area contributed by atoms with Crippen LogP contribution in [-0.4, -0.2) is 42.0 Å². The molecule has 1 atom stereocenters. The third-order valence-corrected chi connectivity index (χ3v) is 2.96. The number of halogens is 2. The maximum Gasteiger partial charge on any atom is 0.239 e. The van der Waals surface area contributed by atoms with Crippen molar-refractivity contribution in [2.75, 3.05) is 13.6 Å². The van der Waals surface area contributed by atoms with Crippen LogP contribution in [0.25, 0.3) is 0 Å². The van der Waals surface area contributed by atoms with Crippen molar-refractivity contribution in [1.82, 2.24) is 10.2 Å². The number of nitrogens with two attached hydrogens (primary N) is 1. The van der Waals surface area contributed by atoms with Gasteiger partial charge in [0.1, 0.15) is 0 Å². The fraction of sp³-hybridized carbons (Fsp3) is 0.909. The number of likely N-dealkylation sites (N-methyl/N-ethyl adjacent to an activating group) is 1. The zero-order chi connectivity index (χ0) is 11.6. The third-order valence-electron chi connectivity index (χ3n) is 2.96. The number of carbonyl (C=O) groups excluding carboxylic acids is 1. The first-order valence-electron chi connectivity index (χ1n) is 5.61. The minimum absolute atomic E-state index is 0. The molecular weight excluding hydrogens is 261 g/mol. The van der Waals surface area contributed by atoms with E-state index in [0.29, 0.717) is 12.6 Å². The molecule has 1 aliphatic rings. The monoisotopic (exact) mass is 285 g/mol. The maximum atomic E-state index is 11.5. The van der Waals surface area contributed by atoms with Gasteiger partial charge in [-0.25, -0.2) is 0 Å². The smallest absolute Gasteiger partial charge is 0.239 e. The maximum absolute atomic E-state index is 11.5. The van der Waals surface area contributed by atoms with Gasteiger partial charge in [0, 0.05) is 18.6 Å². The first-order chi connectivity index (χ1) is 6.82. The Kier molecular flexibility index (Phi) is 8.42. The van der Waals surface area contributed by atoms with Gasteiger partial charge in [0.25, 0.3) is 0 Å². The minimum Gasteiger partial charge on any atom is -0.353 e.